The Kier molecular flexibility index (Phi) is 2.76. The van der Waals surface area contributed by atoms with Crippen LogP contribution >= 0.6 is 0 Å². The highest BCUT2D eigenvalue weighted by atomic mass is 15.0. The Bertz CT molecular complexity index is 275. The highest BCUT2D eigenvalue weighted by molar-refractivity contribution is 5.06. The first-order chi connectivity index (χ1) is 5.97. The number of nitrogens with two attached hydrogens (primary N) is 1. The predicted molar refractivity (Wildman–Crippen MR) is 54.2 cm³/mol. The Morgan fingerprint density at radius 2 is 2.23 bits per heavy atom. The molecule has 1 unspecified atom stereocenters. The number of hydrogen-bond acceptors (Lipinski definition) is 2. The largest absolute Gasteiger partial charge is 0.340 e. The molecule has 0 fully saturated rings. The molecule has 0 radical (unpaired) electrons. The summed E-state index contributed by atoms with van der Waals surface area (Å²) >= 11 is 0. The molecule has 1 aromatic rings. The van der Waals surface area contributed by atoms with Crippen molar-refractivity contribution in [2.45, 2.75) is 33.2 Å². The molecule has 1 aromatic heterocycles. The van der Waals surface area contributed by atoms with Gasteiger partial charge < -0.3 is 10.3 Å². The zero-order valence-electron chi connectivity index (χ0n) is 8.91. The molecule has 3 heteroatoms. The van der Waals surface area contributed by atoms with Crippen molar-refractivity contribution in [2.75, 3.05) is 0 Å². The van der Waals surface area contributed by atoms with E-state index in [9.17, 15) is 0 Å². The smallest absolute Gasteiger partial charge is 0.0947 e. The van der Waals surface area contributed by atoms with E-state index in [1.807, 2.05) is 17.8 Å². The van der Waals surface area contributed by atoms with Gasteiger partial charge in [-0.2, -0.15) is 0 Å². The highest BCUT2D eigenvalue weighted by Crippen LogP contribution is 2.32. The molecular formula is C10H19N3. The molecular weight excluding hydrogens is 162 g/mol. The summed E-state index contributed by atoms with van der Waals surface area (Å²) in [6.45, 7) is 6.50. The molecule has 0 bridgehead atoms. The third-order valence-corrected chi connectivity index (χ3v) is 2.80. The minimum Gasteiger partial charge on any atom is -0.340 e. The summed E-state index contributed by atoms with van der Waals surface area (Å²) in [5, 5.41) is 0. The third kappa shape index (κ3) is 2.10. The van der Waals surface area contributed by atoms with E-state index in [2.05, 4.69) is 25.8 Å². The minimum atomic E-state index is 0.0266. The molecule has 0 saturated heterocycles. The third-order valence-electron chi connectivity index (χ3n) is 2.80. The average molecular weight is 181 g/mol. The molecule has 74 valence electrons. The lowest BCUT2D eigenvalue weighted by molar-refractivity contribution is 0.274. The highest BCUT2D eigenvalue weighted by Gasteiger charge is 2.27. The first-order valence-corrected chi connectivity index (χ1v) is 4.71. The second-order valence-electron chi connectivity index (χ2n) is 4.28. The van der Waals surface area contributed by atoms with E-state index in [0.717, 1.165) is 12.1 Å². The van der Waals surface area contributed by atoms with Gasteiger partial charge in [0.05, 0.1) is 18.1 Å². The molecule has 0 aliphatic carbocycles. The summed E-state index contributed by atoms with van der Waals surface area (Å²) in [6.07, 6.45) is 4.84. The van der Waals surface area contributed by atoms with E-state index >= 15 is 0 Å². The molecule has 3 nitrogen and oxygen atoms in total. The van der Waals surface area contributed by atoms with Gasteiger partial charge in [-0.05, 0) is 11.8 Å². The minimum absolute atomic E-state index is 0.0266. The Morgan fingerprint density at radius 1 is 1.62 bits per heavy atom. The van der Waals surface area contributed by atoms with E-state index in [4.69, 9.17) is 5.73 Å². The van der Waals surface area contributed by atoms with Crippen LogP contribution in [0.15, 0.2) is 12.5 Å². The van der Waals surface area contributed by atoms with Crippen LogP contribution in [0.3, 0.4) is 0 Å². The van der Waals surface area contributed by atoms with Gasteiger partial charge in [0, 0.05) is 13.2 Å². The van der Waals surface area contributed by atoms with Crippen LogP contribution in [0.25, 0.3) is 0 Å². The van der Waals surface area contributed by atoms with E-state index in [-0.39, 0.29) is 11.5 Å². The van der Waals surface area contributed by atoms with Crippen molar-refractivity contribution in [3.63, 3.8) is 0 Å². The van der Waals surface area contributed by atoms with Crippen LogP contribution in [-0.2, 0) is 7.05 Å². The van der Waals surface area contributed by atoms with E-state index < -0.39 is 0 Å². The van der Waals surface area contributed by atoms with Gasteiger partial charge in [-0.1, -0.05) is 20.8 Å². The summed E-state index contributed by atoms with van der Waals surface area (Å²) in [5.74, 6) is 0. The monoisotopic (exact) mass is 181 g/mol. The molecule has 0 spiro atoms. The summed E-state index contributed by atoms with van der Waals surface area (Å²) in [7, 11) is 1.96. The Hall–Kier alpha value is -0.830. The fourth-order valence-corrected chi connectivity index (χ4v) is 1.21. The van der Waals surface area contributed by atoms with E-state index in [1.54, 1.807) is 6.33 Å². The fraction of sp³-hybridized carbons (Fsp3) is 0.700. The predicted octanol–water partition coefficient (Wildman–Crippen LogP) is 1.86. The standard InChI is InChI=1S/C10H19N3/c1-5-10(2,3)9(11)8-6-13(4)7-12-8/h6-7,9H,5,11H2,1-4H3. The van der Waals surface area contributed by atoms with Crippen molar-refractivity contribution in [1.82, 2.24) is 9.55 Å². The lowest BCUT2D eigenvalue weighted by atomic mass is 9.81. The molecule has 1 atom stereocenters. The number of imidazole rings is 1. The van der Waals surface area contributed by atoms with Crippen molar-refractivity contribution in [2.24, 2.45) is 18.2 Å². The maximum atomic E-state index is 6.12. The Balaban J connectivity index is 2.84. The molecule has 0 aliphatic rings. The van der Waals surface area contributed by atoms with Crippen molar-refractivity contribution in [1.29, 1.82) is 0 Å². The van der Waals surface area contributed by atoms with Crippen LogP contribution in [0.4, 0.5) is 0 Å². The lowest BCUT2D eigenvalue weighted by Crippen LogP contribution is -2.28. The normalized spacial score (nSPS) is 14.5. The quantitative estimate of drug-likeness (QED) is 0.773. The number of hydrogen-bond donors (Lipinski definition) is 1. The van der Waals surface area contributed by atoms with Crippen molar-refractivity contribution in [3.05, 3.63) is 18.2 Å². The maximum absolute atomic E-state index is 6.12. The van der Waals surface area contributed by atoms with Crippen molar-refractivity contribution < 1.29 is 0 Å². The van der Waals surface area contributed by atoms with Gasteiger partial charge in [0.2, 0.25) is 0 Å². The molecule has 13 heavy (non-hydrogen) atoms. The number of rotatable bonds is 3. The summed E-state index contributed by atoms with van der Waals surface area (Å²) in [5.41, 5.74) is 7.22. The fourth-order valence-electron chi connectivity index (χ4n) is 1.21. The first-order valence-electron chi connectivity index (χ1n) is 4.71. The van der Waals surface area contributed by atoms with Gasteiger partial charge >= 0.3 is 0 Å². The van der Waals surface area contributed by atoms with E-state index in [1.165, 1.54) is 0 Å². The zero-order valence-corrected chi connectivity index (χ0v) is 8.91. The topological polar surface area (TPSA) is 43.8 Å². The zero-order chi connectivity index (χ0) is 10.1. The van der Waals surface area contributed by atoms with Gasteiger partial charge in [0.25, 0.3) is 0 Å². The van der Waals surface area contributed by atoms with Crippen LogP contribution in [0.1, 0.15) is 38.9 Å². The summed E-state index contributed by atoms with van der Waals surface area (Å²) in [6, 6.07) is 0.0266. The van der Waals surface area contributed by atoms with E-state index in [0.29, 0.717) is 0 Å². The van der Waals surface area contributed by atoms with Gasteiger partial charge in [0.1, 0.15) is 0 Å². The SMILES string of the molecule is CCC(C)(C)C(N)c1cn(C)cn1. The second-order valence-corrected chi connectivity index (χ2v) is 4.28. The average Bonchev–Trinajstić information content (AvgIpc) is 2.50. The molecule has 0 aromatic carbocycles. The summed E-state index contributed by atoms with van der Waals surface area (Å²) < 4.78 is 1.93. The molecule has 1 heterocycles. The van der Waals surface area contributed by atoms with Gasteiger partial charge in [0.15, 0.2) is 0 Å². The molecule has 2 N–H and O–H groups in total. The number of aromatic nitrogens is 2. The van der Waals surface area contributed by atoms with Crippen molar-refractivity contribution >= 4 is 0 Å². The van der Waals surface area contributed by atoms with Crippen LogP contribution < -0.4 is 5.73 Å². The first kappa shape index (κ1) is 10.3. The second kappa shape index (κ2) is 3.50. The Morgan fingerprint density at radius 3 is 2.62 bits per heavy atom. The van der Waals surface area contributed by atoms with Crippen molar-refractivity contribution in [3.8, 4) is 0 Å². The molecule has 0 aliphatic heterocycles. The van der Waals surface area contributed by atoms with Crippen LogP contribution in [-0.4, -0.2) is 9.55 Å². The maximum Gasteiger partial charge on any atom is 0.0947 e. The Labute approximate surface area is 80.0 Å². The van der Waals surface area contributed by atoms with Gasteiger partial charge in [-0.3, -0.25) is 0 Å². The number of nitrogens with zero attached hydrogens (tertiary/aromatic N) is 2. The van der Waals surface area contributed by atoms with Crippen LogP contribution in [0, 0.1) is 5.41 Å². The van der Waals surface area contributed by atoms with Crippen LogP contribution in [0.5, 0.6) is 0 Å². The number of aryl methyl sites for hydroxylation is 1. The lowest BCUT2D eigenvalue weighted by Gasteiger charge is -2.28. The summed E-state index contributed by atoms with van der Waals surface area (Å²) in [4.78, 5) is 4.27. The van der Waals surface area contributed by atoms with Gasteiger partial charge in [-0.15, -0.1) is 0 Å². The molecule has 0 saturated carbocycles. The molecule has 0 amide bonds. The van der Waals surface area contributed by atoms with Gasteiger partial charge in [-0.25, -0.2) is 4.98 Å². The van der Waals surface area contributed by atoms with Crippen LogP contribution in [0.2, 0.25) is 0 Å². The molecule has 1 rings (SSSR count).